The molecule has 1 rings (SSSR count). The number of rotatable bonds is 4. The van der Waals surface area contributed by atoms with E-state index in [-0.39, 0.29) is 0 Å². The number of nitrogens with zero attached hydrogens (tertiary/aromatic N) is 1. The van der Waals surface area contributed by atoms with Crippen LogP contribution in [-0.4, -0.2) is 22.3 Å². The van der Waals surface area contributed by atoms with E-state index >= 15 is 0 Å². The summed E-state index contributed by atoms with van der Waals surface area (Å²) in [6.45, 7) is 6.05. The normalized spacial score (nSPS) is 11.8. The van der Waals surface area contributed by atoms with Gasteiger partial charge in [0.1, 0.15) is 5.15 Å². The van der Waals surface area contributed by atoms with Crippen molar-refractivity contribution in [3.8, 4) is 0 Å². The van der Waals surface area contributed by atoms with Gasteiger partial charge in [0.05, 0.1) is 18.8 Å². The molecule has 0 radical (unpaired) electrons. The molecule has 1 aromatic rings. The van der Waals surface area contributed by atoms with Crippen molar-refractivity contribution in [2.24, 2.45) is 0 Å². The van der Waals surface area contributed by atoms with E-state index in [9.17, 15) is 5.11 Å². The van der Waals surface area contributed by atoms with Crippen LogP contribution in [-0.2, 0) is 11.3 Å². The zero-order chi connectivity index (χ0) is 11.5. The van der Waals surface area contributed by atoms with E-state index in [4.69, 9.17) is 16.3 Å². The summed E-state index contributed by atoms with van der Waals surface area (Å²) in [5.41, 5.74) is 1.05. The van der Waals surface area contributed by atoms with Crippen LogP contribution in [0.2, 0.25) is 5.15 Å². The van der Waals surface area contributed by atoms with Gasteiger partial charge in [-0.1, -0.05) is 17.7 Å². The van der Waals surface area contributed by atoms with E-state index in [0.717, 1.165) is 11.3 Å². The highest BCUT2D eigenvalue weighted by molar-refractivity contribution is 6.29. The van der Waals surface area contributed by atoms with Crippen LogP contribution in [0.5, 0.6) is 0 Å². The lowest BCUT2D eigenvalue weighted by Crippen LogP contribution is -2.25. The molecule has 1 N–H and O–H groups in total. The fourth-order valence-corrected chi connectivity index (χ4v) is 1.31. The number of hydrogen-bond donors (Lipinski definition) is 1. The van der Waals surface area contributed by atoms with Gasteiger partial charge in [-0.25, -0.2) is 4.98 Å². The van der Waals surface area contributed by atoms with Gasteiger partial charge in [-0.2, -0.15) is 0 Å². The first-order valence-corrected chi connectivity index (χ1v) is 5.18. The summed E-state index contributed by atoms with van der Waals surface area (Å²) >= 11 is 5.73. The highest BCUT2D eigenvalue weighted by Crippen LogP contribution is 2.12. The SMILES string of the molecule is Cc1nc(Cl)ccc1COCC(C)(C)O. The number of aromatic nitrogens is 1. The van der Waals surface area contributed by atoms with Crippen molar-refractivity contribution < 1.29 is 9.84 Å². The smallest absolute Gasteiger partial charge is 0.129 e. The van der Waals surface area contributed by atoms with Gasteiger partial charge in [-0.05, 0) is 32.4 Å². The number of halogens is 1. The molecule has 0 aliphatic carbocycles. The molecule has 4 heteroatoms. The van der Waals surface area contributed by atoms with Crippen molar-refractivity contribution in [3.63, 3.8) is 0 Å². The summed E-state index contributed by atoms with van der Waals surface area (Å²) in [5, 5.41) is 9.93. The fourth-order valence-electron chi connectivity index (χ4n) is 1.12. The van der Waals surface area contributed by atoms with Crippen LogP contribution in [0.1, 0.15) is 25.1 Å². The van der Waals surface area contributed by atoms with Gasteiger partial charge in [0.25, 0.3) is 0 Å². The highest BCUT2D eigenvalue weighted by Gasteiger charge is 2.12. The van der Waals surface area contributed by atoms with Crippen molar-refractivity contribution in [1.29, 1.82) is 0 Å². The van der Waals surface area contributed by atoms with Gasteiger partial charge in [0.15, 0.2) is 0 Å². The Labute approximate surface area is 95.1 Å². The molecule has 0 saturated carbocycles. The van der Waals surface area contributed by atoms with Gasteiger partial charge >= 0.3 is 0 Å². The van der Waals surface area contributed by atoms with Crippen LogP contribution < -0.4 is 0 Å². The van der Waals surface area contributed by atoms with Crippen LogP contribution in [0.15, 0.2) is 12.1 Å². The summed E-state index contributed by atoms with van der Waals surface area (Å²) in [7, 11) is 0. The lowest BCUT2D eigenvalue weighted by Gasteiger charge is -2.17. The second-order valence-corrected chi connectivity index (χ2v) is 4.57. The van der Waals surface area contributed by atoms with E-state index < -0.39 is 5.60 Å². The third kappa shape index (κ3) is 4.60. The fraction of sp³-hybridized carbons (Fsp3) is 0.545. The molecule has 0 unspecified atom stereocenters. The van der Waals surface area contributed by atoms with Crippen molar-refractivity contribution in [1.82, 2.24) is 4.98 Å². The lowest BCUT2D eigenvalue weighted by atomic mass is 10.1. The lowest BCUT2D eigenvalue weighted by molar-refractivity contribution is -0.0270. The second-order valence-electron chi connectivity index (χ2n) is 4.18. The molecular weight excluding hydrogens is 214 g/mol. The molecule has 0 spiro atoms. The van der Waals surface area contributed by atoms with Crippen molar-refractivity contribution >= 4 is 11.6 Å². The molecule has 0 aromatic carbocycles. The topological polar surface area (TPSA) is 42.4 Å². The summed E-state index contributed by atoms with van der Waals surface area (Å²) in [6.07, 6.45) is 0. The molecule has 15 heavy (non-hydrogen) atoms. The van der Waals surface area contributed by atoms with Crippen LogP contribution in [0.25, 0.3) is 0 Å². The zero-order valence-corrected chi connectivity index (χ0v) is 10.0. The van der Waals surface area contributed by atoms with Gasteiger partial charge in [0.2, 0.25) is 0 Å². The van der Waals surface area contributed by atoms with Crippen molar-refractivity contribution in [3.05, 3.63) is 28.5 Å². The Morgan fingerprint density at radius 3 is 2.67 bits per heavy atom. The van der Waals surface area contributed by atoms with E-state index in [0.29, 0.717) is 18.4 Å². The number of aryl methyl sites for hydroxylation is 1. The predicted molar refractivity (Wildman–Crippen MR) is 59.9 cm³/mol. The molecule has 84 valence electrons. The van der Waals surface area contributed by atoms with E-state index in [1.54, 1.807) is 19.9 Å². The van der Waals surface area contributed by atoms with Gasteiger partial charge in [-0.3, -0.25) is 0 Å². The molecule has 1 aromatic heterocycles. The Morgan fingerprint density at radius 2 is 2.13 bits per heavy atom. The third-order valence-electron chi connectivity index (χ3n) is 1.87. The Kier molecular flexibility index (Phi) is 4.08. The highest BCUT2D eigenvalue weighted by atomic mass is 35.5. The quantitative estimate of drug-likeness (QED) is 0.806. The van der Waals surface area contributed by atoms with Crippen LogP contribution in [0, 0.1) is 6.92 Å². The largest absolute Gasteiger partial charge is 0.388 e. The zero-order valence-electron chi connectivity index (χ0n) is 9.25. The van der Waals surface area contributed by atoms with Crippen LogP contribution in [0.3, 0.4) is 0 Å². The van der Waals surface area contributed by atoms with Crippen molar-refractivity contribution in [2.75, 3.05) is 6.61 Å². The van der Waals surface area contributed by atoms with E-state index in [1.807, 2.05) is 13.0 Å². The molecule has 0 aliphatic heterocycles. The number of pyridine rings is 1. The summed E-state index contributed by atoms with van der Waals surface area (Å²) in [4.78, 5) is 4.11. The summed E-state index contributed by atoms with van der Waals surface area (Å²) in [5.74, 6) is 0. The number of aliphatic hydroxyl groups is 1. The molecule has 0 bridgehead atoms. The molecule has 3 nitrogen and oxygen atoms in total. The third-order valence-corrected chi connectivity index (χ3v) is 2.08. The van der Waals surface area contributed by atoms with Crippen LogP contribution >= 0.6 is 11.6 Å². The monoisotopic (exact) mass is 229 g/mol. The minimum Gasteiger partial charge on any atom is -0.388 e. The molecule has 0 fully saturated rings. The van der Waals surface area contributed by atoms with E-state index in [1.165, 1.54) is 0 Å². The van der Waals surface area contributed by atoms with Gasteiger partial charge in [0, 0.05) is 5.69 Å². The average Bonchev–Trinajstić information content (AvgIpc) is 2.07. The molecule has 0 saturated heterocycles. The van der Waals surface area contributed by atoms with Gasteiger partial charge < -0.3 is 9.84 Å². The Morgan fingerprint density at radius 1 is 1.47 bits per heavy atom. The Balaban J connectivity index is 2.51. The maximum Gasteiger partial charge on any atom is 0.129 e. The standard InChI is InChI=1S/C11H16ClNO2/c1-8-9(4-5-10(12)13-8)6-15-7-11(2,3)14/h4-5,14H,6-7H2,1-3H3. The second kappa shape index (κ2) is 4.92. The van der Waals surface area contributed by atoms with Crippen molar-refractivity contribution in [2.45, 2.75) is 33.0 Å². The minimum atomic E-state index is -0.798. The average molecular weight is 230 g/mol. The van der Waals surface area contributed by atoms with Gasteiger partial charge in [-0.15, -0.1) is 0 Å². The van der Waals surface area contributed by atoms with Crippen LogP contribution in [0.4, 0.5) is 0 Å². The molecule has 0 atom stereocenters. The predicted octanol–water partition coefficient (Wildman–Crippen LogP) is 2.33. The number of hydrogen-bond acceptors (Lipinski definition) is 3. The summed E-state index contributed by atoms with van der Waals surface area (Å²) < 4.78 is 5.37. The molecule has 1 heterocycles. The first kappa shape index (κ1) is 12.4. The first-order valence-electron chi connectivity index (χ1n) is 4.80. The molecule has 0 amide bonds. The summed E-state index contributed by atoms with van der Waals surface area (Å²) in [6, 6.07) is 3.62. The Hall–Kier alpha value is -0.640. The minimum absolute atomic E-state index is 0.301. The first-order chi connectivity index (χ1) is 6.88. The molecule has 0 aliphatic rings. The van der Waals surface area contributed by atoms with E-state index in [2.05, 4.69) is 4.98 Å². The maximum atomic E-state index is 9.45. The Bertz CT molecular complexity index is 334. The molecular formula is C11H16ClNO2. The number of ether oxygens (including phenoxy) is 1. The maximum absolute atomic E-state index is 9.45.